The zero-order chi connectivity index (χ0) is 8.55. The van der Waals surface area contributed by atoms with E-state index in [1.165, 1.54) is 4.68 Å². The van der Waals surface area contributed by atoms with Crippen molar-refractivity contribution in [2.45, 2.75) is 0 Å². The number of hydrogen-bond donors (Lipinski definition) is 0. The molecule has 3 heteroatoms. The summed E-state index contributed by atoms with van der Waals surface area (Å²) in [5, 5.41) is 16.6. The summed E-state index contributed by atoms with van der Waals surface area (Å²) in [5.74, 6) is -0.171. The monoisotopic (exact) mass is 160 g/mol. The van der Waals surface area contributed by atoms with Crippen molar-refractivity contribution in [2.75, 3.05) is 0 Å². The van der Waals surface area contributed by atoms with Crippen LogP contribution in [0, 0.1) is 0 Å². The smallest absolute Gasteiger partial charge is 0.203 e. The first-order valence-corrected chi connectivity index (χ1v) is 3.70. The van der Waals surface area contributed by atoms with Gasteiger partial charge in [-0.2, -0.15) is 0 Å². The van der Waals surface area contributed by atoms with Crippen LogP contribution in [-0.4, -0.2) is 5.10 Å². The summed E-state index contributed by atoms with van der Waals surface area (Å²) >= 11 is 0. The van der Waals surface area contributed by atoms with Gasteiger partial charge in [-0.25, -0.2) is 0 Å². The Hall–Kier alpha value is -1.64. The molecule has 12 heavy (non-hydrogen) atoms. The summed E-state index contributed by atoms with van der Waals surface area (Å²) in [6, 6.07) is 7.43. The number of nitrogens with zero attached hydrogens (tertiary/aromatic N) is 2. The summed E-state index contributed by atoms with van der Waals surface area (Å²) in [6.45, 7) is 0. The summed E-state index contributed by atoms with van der Waals surface area (Å²) in [7, 11) is 1.74. The number of aryl methyl sites for hydroxylation is 1. The van der Waals surface area contributed by atoms with Crippen LogP contribution in [0.5, 0.6) is 5.88 Å². The topological polar surface area (TPSA) is 39.8 Å². The van der Waals surface area contributed by atoms with Crippen molar-refractivity contribution in [1.29, 1.82) is 0 Å². The summed E-state index contributed by atoms with van der Waals surface area (Å²) in [6.07, 6.45) is 1.83. The Labute approximate surface area is 69.9 Å². The van der Waals surface area contributed by atoms with Gasteiger partial charge in [-0.3, -0.25) is 0 Å². The lowest BCUT2D eigenvalue weighted by Gasteiger charge is -2.03. The van der Waals surface area contributed by atoms with Gasteiger partial charge in [0.25, 0.3) is 0 Å². The molecule has 0 aliphatic heterocycles. The summed E-state index contributed by atoms with van der Waals surface area (Å²) < 4.78 is 1.53. The second-order valence-corrected chi connectivity index (χ2v) is 2.70. The molecule has 3 nitrogen and oxygen atoms in total. The molecule has 0 unspecified atom stereocenters. The highest BCUT2D eigenvalue weighted by Gasteiger charge is 1.99. The van der Waals surface area contributed by atoms with Crippen LogP contribution < -0.4 is 9.79 Å². The minimum atomic E-state index is -0.171. The van der Waals surface area contributed by atoms with Gasteiger partial charge in [0.15, 0.2) is 7.05 Å². The molecule has 0 saturated heterocycles. The Morgan fingerprint density at radius 2 is 2.08 bits per heavy atom. The molecule has 0 spiro atoms. The molecule has 0 aliphatic carbocycles. The highest BCUT2D eigenvalue weighted by Crippen LogP contribution is 2.16. The maximum absolute atomic E-state index is 11.3. The Balaban J connectivity index is 2.89. The fourth-order valence-corrected chi connectivity index (χ4v) is 1.23. The van der Waals surface area contributed by atoms with Crippen molar-refractivity contribution >= 4 is 10.8 Å². The number of rotatable bonds is 0. The molecule has 0 amide bonds. The van der Waals surface area contributed by atoms with Gasteiger partial charge < -0.3 is 5.11 Å². The molecule has 0 N–H and O–H groups in total. The molecular formula is C9H8N2O. The molecule has 1 aromatic carbocycles. The molecule has 0 saturated carbocycles. The lowest BCUT2D eigenvalue weighted by molar-refractivity contribution is -0.733. The van der Waals surface area contributed by atoms with E-state index in [0.717, 1.165) is 5.39 Å². The predicted molar refractivity (Wildman–Crippen MR) is 42.4 cm³/mol. The first kappa shape index (κ1) is 7.03. The highest BCUT2D eigenvalue weighted by atomic mass is 16.3. The molecule has 0 fully saturated rings. The molecular weight excluding hydrogens is 152 g/mol. The van der Waals surface area contributed by atoms with Crippen molar-refractivity contribution in [2.24, 2.45) is 7.05 Å². The zero-order valence-corrected chi connectivity index (χ0v) is 6.69. The minimum absolute atomic E-state index is 0.171. The quantitative estimate of drug-likeness (QED) is 0.514. The number of fused-ring (bicyclic) bond motifs is 1. The predicted octanol–water partition coefficient (Wildman–Crippen LogP) is 0.133. The largest absolute Gasteiger partial charge is 0.854 e. The first-order valence-electron chi connectivity index (χ1n) is 3.70. The van der Waals surface area contributed by atoms with E-state index in [4.69, 9.17) is 0 Å². The van der Waals surface area contributed by atoms with Crippen LogP contribution in [0.3, 0.4) is 0 Å². The lowest BCUT2D eigenvalue weighted by atomic mass is 10.2. The lowest BCUT2D eigenvalue weighted by Crippen LogP contribution is -2.33. The van der Waals surface area contributed by atoms with E-state index in [-0.39, 0.29) is 5.88 Å². The highest BCUT2D eigenvalue weighted by molar-refractivity contribution is 5.84. The standard InChI is InChI=1S/C9H8N2O/c1-11-6-7-4-2-3-5-8(7)9(12)10-11/h2-6H,1H3. The van der Waals surface area contributed by atoms with Crippen LogP contribution in [0.1, 0.15) is 0 Å². The van der Waals surface area contributed by atoms with Gasteiger partial charge in [0.2, 0.25) is 6.20 Å². The average Bonchev–Trinajstić information content (AvgIpc) is 2.04. The van der Waals surface area contributed by atoms with Gasteiger partial charge in [0, 0.05) is 10.8 Å². The second kappa shape index (κ2) is 2.44. The van der Waals surface area contributed by atoms with E-state index in [1.807, 2.05) is 24.4 Å². The molecule has 0 radical (unpaired) electrons. The Morgan fingerprint density at radius 1 is 1.33 bits per heavy atom. The molecule has 1 heterocycles. The summed E-state index contributed by atoms with van der Waals surface area (Å²) in [5.41, 5.74) is 0. The van der Waals surface area contributed by atoms with Gasteiger partial charge in [-0.1, -0.05) is 22.9 Å². The Bertz CT molecular complexity index is 426. The van der Waals surface area contributed by atoms with Crippen molar-refractivity contribution in [1.82, 2.24) is 5.10 Å². The van der Waals surface area contributed by atoms with Crippen LogP contribution in [0.2, 0.25) is 0 Å². The fraction of sp³-hybridized carbons (Fsp3) is 0.111. The van der Waals surface area contributed by atoms with E-state index in [1.54, 1.807) is 13.1 Å². The maximum Gasteiger partial charge on any atom is 0.203 e. The van der Waals surface area contributed by atoms with Crippen LogP contribution in [0.15, 0.2) is 30.5 Å². The van der Waals surface area contributed by atoms with Crippen molar-refractivity contribution < 1.29 is 9.79 Å². The van der Waals surface area contributed by atoms with Gasteiger partial charge >= 0.3 is 0 Å². The van der Waals surface area contributed by atoms with Crippen molar-refractivity contribution in [3.05, 3.63) is 30.5 Å². The van der Waals surface area contributed by atoms with E-state index >= 15 is 0 Å². The Morgan fingerprint density at radius 3 is 2.92 bits per heavy atom. The van der Waals surface area contributed by atoms with Crippen LogP contribution in [0.4, 0.5) is 0 Å². The number of benzene rings is 1. The zero-order valence-electron chi connectivity index (χ0n) is 6.69. The molecule has 1 aromatic heterocycles. The molecule has 2 aromatic rings. The molecule has 0 atom stereocenters. The van der Waals surface area contributed by atoms with Gasteiger partial charge in [-0.15, -0.1) is 0 Å². The van der Waals surface area contributed by atoms with E-state index < -0.39 is 0 Å². The summed E-state index contributed by atoms with van der Waals surface area (Å²) in [4.78, 5) is 0. The van der Waals surface area contributed by atoms with Crippen molar-refractivity contribution in [3.63, 3.8) is 0 Å². The number of aromatic nitrogens is 2. The Kier molecular flexibility index (Phi) is 1.43. The minimum Gasteiger partial charge on any atom is -0.854 e. The second-order valence-electron chi connectivity index (χ2n) is 2.70. The van der Waals surface area contributed by atoms with Crippen molar-refractivity contribution in [3.8, 4) is 5.88 Å². The maximum atomic E-state index is 11.3. The third kappa shape index (κ3) is 0.993. The van der Waals surface area contributed by atoms with E-state index in [2.05, 4.69) is 5.10 Å². The average molecular weight is 160 g/mol. The van der Waals surface area contributed by atoms with Gasteiger partial charge in [0.1, 0.15) is 0 Å². The van der Waals surface area contributed by atoms with E-state index in [0.29, 0.717) is 5.39 Å². The fourth-order valence-electron chi connectivity index (χ4n) is 1.23. The molecule has 60 valence electrons. The van der Waals surface area contributed by atoms with Crippen LogP contribution in [0.25, 0.3) is 10.8 Å². The third-order valence-corrected chi connectivity index (χ3v) is 1.77. The van der Waals surface area contributed by atoms with E-state index in [9.17, 15) is 5.11 Å². The molecule has 0 aliphatic rings. The normalized spacial score (nSPS) is 10.4. The third-order valence-electron chi connectivity index (χ3n) is 1.77. The first-order chi connectivity index (χ1) is 5.77. The van der Waals surface area contributed by atoms with Gasteiger partial charge in [-0.05, 0) is 11.2 Å². The SMILES string of the molecule is C[n+]1cc2ccccc2c([O-])n1. The van der Waals surface area contributed by atoms with Crippen LogP contribution >= 0.6 is 0 Å². The molecule has 0 bridgehead atoms. The number of hydrogen-bond acceptors (Lipinski definition) is 2. The van der Waals surface area contributed by atoms with Crippen LogP contribution in [-0.2, 0) is 7.05 Å². The van der Waals surface area contributed by atoms with Gasteiger partial charge in [0.05, 0.1) is 5.88 Å². The molecule has 2 rings (SSSR count).